The molecule has 0 aromatic carbocycles. The van der Waals surface area contributed by atoms with Crippen LogP contribution in [0, 0.1) is 5.92 Å². The van der Waals surface area contributed by atoms with Crippen molar-refractivity contribution in [3.05, 3.63) is 0 Å². The SMILES string of the molecule is CN1CCC2CCCC(O)(O)C21. The first-order valence-corrected chi connectivity index (χ1v) is 4.76. The predicted octanol–water partition coefficient (Wildman–Crippen LogP) is 0.172. The van der Waals surface area contributed by atoms with E-state index in [4.69, 9.17) is 0 Å². The minimum Gasteiger partial charge on any atom is -0.364 e. The van der Waals surface area contributed by atoms with Crippen LogP contribution in [0.2, 0.25) is 0 Å². The first kappa shape index (κ1) is 8.48. The Bertz CT molecular complexity index is 179. The summed E-state index contributed by atoms with van der Waals surface area (Å²) in [5.74, 6) is -0.910. The fraction of sp³-hybridized carbons (Fsp3) is 1.00. The summed E-state index contributed by atoms with van der Waals surface area (Å²) in [6, 6.07) is -0.00810. The van der Waals surface area contributed by atoms with E-state index in [1.807, 2.05) is 7.05 Å². The van der Waals surface area contributed by atoms with Gasteiger partial charge in [-0.3, -0.25) is 4.90 Å². The first-order valence-electron chi connectivity index (χ1n) is 4.76. The number of nitrogens with zero attached hydrogens (tertiary/aromatic N) is 1. The number of hydrogen-bond acceptors (Lipinski definition) is 3. The molecule has 0 bridgehead atoms. The standard InChI is InChI=1S/C9H17NO2/c1-10-6-4-7-3-2-5-9(11,12)8(7)10/h7-8,11-12H,2-6H2,1H3. The Morgan fingerprint density at radius 1 is 1.33 bits per heavy atom. The second-order valence-electron chi connectivity index (χ2n) is 4.24. The highest BCUT2D eigenvalue weighted by atomic mass is 16.5. The highest BCUT2D eigenvalue weighted by Gasteiger charge is 2.48. The van der Waals surface area contributed by atoms with Crippen LogP contribution in [0.3, 0.4) is 0 Å². The summed E-state index contributed by atoms with van der Waals surface area (Å²) >= 11 is 0. The van der Waals surface area contributed by atoms with Crippen molar-refractivity contribution in [1.29, 1.82) is 0 Å². The summed E-state index contributed by atoms with van der Waals surface area (Å²) in [7, 11) is 1.98. The molecule has 3 nitrogen and oxygen atoms in total. The van der Waals surface area contributed by atoms with Gasteiger partial charge in [0.25, 0.3) is 0 Å². The van der Waals surface area contributed by atoms with Gasteiger partial charge in [-0.15, -0.1) is 0 Å². The molecular formula is C9H17NO2. The molecule has 70 valence electrons. The Morgan fingerprint density at radius 2 is 2.08 bits per heavy atom. The molecule has 0 spiro atoms. The van der Waals surface area contributed by atoms with Gasteiger partial charge in [-0.05, 0) is 38.8 Å². The number of fused-ring (bicyclic) bond motifs is 1. The molecule has 1 saturated heterocycles. The van der Waals surface area contributed by atoms with Crippen LogP contribution in [0.4, 0.5) is 0 Å². The third-order valence-electron chi connectivity index (χ3n) is 3.37. The highest BCUT2D eigenvalue weighted by Crippen LogP contribution is 2.39. The van der Waals surface area contributed by atoms with E-state index >= 15 is 0 Å². The molecule has 2 aliphatic rings. The Labute approximate surface area is 73.0 Å². The summed E-state index contributed by atoms with van der Waals surface area (Å²) in [5, 5.41) is 19.5. The van der Waals surface area contributed by atoms with Crippen LogP contribution in [-0.2, 0) is 0 Å². The smallest absolute Gasteiger partial charge is 0.178 e. The average Bonchev–Trinajstić information content (AvgIpc) is 2.32. The van der Waals surface area contributed by atoms with Crippen molar-refractivity contribution in [2.24, 2.45) is 5.92 Å². The molecule has 0 aromatic heterocycles. The molecule has 0 aromatic rings. The molecule has 2 unspecified atom stereocenters. The molecule has 2 atom stereocenters. The zero-order valence-electron chi connectivity index (χ0n) is 7.53. The van der Waals surface area contributed by atoms with Gasteiger partial charge in [0.15, 0.2) is 5.79 Å². The lowest BCUT2D eigenvalue weighted by molar-refractivity contribution is -0.222. The normalized spacial score (nSPS) is 41.2. The Kier molecular flexibility index (Phi) is 1.90. The Balaban J connectivity index is 2.18. The van der Waals surface area contributed by atoms with E-state index in [1.165, 1.54) is 0 Å². The molecule has 1 saturated carbocycles. The first-order chi connectivity index (χ1) is 5.61. The maximum Gasteiger partial charge on any atom is 0.178 e. The molecule has 2 rings (SSSR count). The number of hydrogen-bond donors (Lipinski definition) is 2. The second kappa shape index (κ2) is 2.69. The van der Waals surface area contributed by atoms with Crippen molar-refractivity contribution in [3.63, 3.8) is 0 Å². The molecular weight excluding hydrogens is 154 g/mol. The van der Waals surface area contributed by atoms with Crippen LogP contribution >= 0.6 is 0 Å². The molecule has 0 radical (unpaired) electrons. The van der Waals surface area contributed by atoms with Crippen molar-refractivity contribution in [3.8, 4) is 0 Å². The molecule has 1 aliphatic carbocycles. The summed E-state index contributed by atoms with van der Waals surface area (Å²) in [5.41, 5.74) is 0. The quantitative estimate of drug-likeness (QED) is 0.511. The van der Waals surface area contributed by atoms with Crippen LogP contribution in [0.5, 0.6) is 0 Å². The van der Waals surface area contributed by atoms with Gasteiger partial charge in [-0.2, -0.15) is 0 Å². The van der Waals surface area contributed by atoms with Crippen LogP contribution < -0.4 is 0 Å². The average molecular weight is 171 g/mol. The fourth-order valence-electron chi connectivity index (χ4n) is 2.83. The molecule has 0 amide bonds. The van der Waals surface area contributed by atoms with E-state index in [0.29, 0.717) is 12.3 Å². The number of likely N-dealkylation sites (N-methyl/N-ethyl adjacent to an activating group) is 1. The van der Waals surface area contributed by atoms with Crippen molar-refractivity contribution in [1.82, 2.24) is 4.90 Å². The largest absolute Gasteiger partial charge is 0.364 e. The van der Waals surface area contributed by atoms with Gasteiger partial charge in [0.1, 0.15) is 0 Å². The maximum absolute atomic E-state index is 9.73. The number of rotatable bonds is 0. The van der Waals surface area contributed by atoms with Gasteiger partial charge in [0, 0.05) is 6.42 Å². The second-order valence-corrected chi connectivity index (χ2v) is 4.24. The van der Waals surface area contributed by atoms with Crippen molar-refractivity contribution in [2.45, 2.75) is 37.5 Å². The molecule has 2 fully saturated rings. The van der Waals surface area contributed by atoms with Crippen molar-refractivity contribution in [2.75, 3.05) is 13.6 Å². The molecule has 1 aliphatic heterocycles. The monoisotopic (exact) mass is 171 g/mol. The zero-order valence-corrected chi connectivity index (χ0v) is 7.53. The number of likely N-dealkylation sites (tertiary alicyclic amines) is 1. The molecule has 12 heavy (non-hydrogen) atoms. The van der Waals surface area contributed by atoms with E-state index in [9.17, 15) is 10.2 Å². The Hall–Kier alpha value is -0.120. The third-order valence-corrected chi connectivity index (χ3v) is 3.37. The van der Waals surface area contributed by atoms with Gasteiger partial charge in [0.2, 0.25) is 0 Å². The summed E-state index contributed by atoms with van der Waals surface area (Å²) in [6.45, 7) is 1.01. The van der Waals surface area contributed by atoms with Gasteiger partial charge >= 0.3 is 0 Å². The van der Waals surface area contributed by atoms with E-state index in [2.05, 4.69) is 4.90 Å². The molecule has 2 N–H and O–H groups in total. The van der Waals surface area contributed by atoms with Crippen molar-refractivity contribution < 1.29 is 10.2 Å². The minimum atomic E-state index is -1.42. The van der Waals surface area contributed by atoms with Crippen molar-refractivity contribution >= 4 is 0 Å². The minimum absolute atomic E-state index is 0.00810. The van der Waals surface area contributed by atoms with Gasteiger partial charge < -0.3 is 10.2 Å². The predicted molar refractivity (Wildman–Crippen MR) is 45.5 cm³/mol. The maximum atomic E-state index is 9.73. The van der Waals surface area contributed by atoms with E-state index < -0.39 is 5.79 Å². The van der Waals surface area contributed by atoms with Crippen LogP contribution in [0.1, 0.15) is 25.7 Å². The van der Waals surface area contributed by atoms with E-state index in [0.717, 1.165) is 25.8 Å². The summed E-state index contributed by atoms with van der Waals surface area (Å²) < 4.78 is 0. The van der Waals surface area contributed by atoms with Gasteiger partial charge in [-0.1, -0.05) is 0 Å². The Morgan fingerprint density at radius 3 is 2.75 bits per heavy atom. The summed E-state index contributed by atoms with van der Waals surface area (Å²) in [4.78, 5) is 2.09. The summed E-state index contributed by atoms with van der Waals surface area (Å²) in [6.07, 6.45) is 3.79. The van der Waals surface area contributed by atoms with E-state index in [-0.39, 0.29) is 6.04 Å². The van der Waals surface area contributed by atoms with Gasteiger partial charge in [0.05, 0.1) is 6.04 Å². The topological polar surface area (TPSA) is 43.7 Å². The van der Waals surface area contributed by atoms with Crippen LogP contribution in [0.25, 0.3) is 0 Å². The molecule has 1 heterocycles. The number of aliphatic hydroxyl groups is 2. The van der Waals surface area contributed by atoms with E-state index in [1.54, 1.807) is 0 Å². The van der Waals surface area contributed by atoms with Crippen LogP contribution in [-0.4, -0.2) is 40.5 Å². The zero-order chi connectivity index (χ0) is 8.77. The highest BCUT2D eigenvalue weighted by molar-refractivity contribution is 4.97. The molecule has 3 heteroatoms. The fourth-order valence-corrected chi connectivity index (χ4v) is 2.83. The van der Waals surface area contributed by atoms with Gasteiger partial charge in [-0.25, -0.2) is 0 Å². The lowest BCUT2D eigenvalue weighted by Gasteiger charge is -2.40. The lowest BCUT2D eigenvalue weighted by atomic mass is 9.81. The van der Waals surface area contributed by atoms with Crippen LogP contribution in [0.15, 0.2) is 0 Å². The third kappa shape index (κ3) is 1.16. The lowest BCUT2D eigenvalue weighted by Crippen LogP contribution is -2.53.